The molecule has 3 aromatic heterocycles. The van der Waals surface area contributed by atoms with Gasteiger partial charge in [-0.1, -0.05) is 30.3 Å². The van der Waals surface area contributed by atoms with Crippen molar-refractivity contribution in [2.24, 2.45) is 13.0 Å². The fourth-order valence-corrected chi connectivity index (χ4v) is 9.69. The normalized spacial score (nSPS) is 22.0. The van der Waals surface area contributed by atoms with Crippen molar-refractivity contribution in [3.63, 3.8) is 0 Å². The van der Waals surface area contributed by atoms with E-state index in [9.17, 15) is 23.6 Å². The molecule has 0 radical (unpaired) electrons. The van der Waals surface area contributed by atoms with Crippen molar-refractivity contribution in [1.29, 1.82) is 0 Å². The number of likely N-dealkylation sites (tertiary alicyclic amines) is 2. The summed E-state index contributed by atoms with van der Waals surface area (Å²) in [4.78, 5) is 63.0. The van der Waals surface area contributed by atoms with Gasteiger partial charge in [0.1, 0.15) is 11.8 Å². The highest BCUT2D eigenvalue weighted by atomic mass is 19.1. The average Bonchev–Trinajstić information content (AvgIpc) is 3.60. The number of benzene rings is 2. The molecule has 6 heterocycles. The lowest BCUT2D eigenvalue weighted by atomic mass is 9.87. The largest absolute Gasteiger partial charge is 0.446 e. The zero-order valence-electron chi connectivity index (χ0n) is 34.5. The fraction of sp³-hybridized carbons (Fsp3) is 0.457. The molecule has 0 unspecified atom stereocenters. The molecule has 9 rings (SSSR count). The van der Waals surface area contributed by atoms with Crippen molar-refractivity contribution in [3.8, 4) is 16.9 Å². The number of aryl methyl sites for hydroxylation is 1. The number of amides is 3. The van der Waals surface area contributed by atoms with Gasteiger partial charge >= 0.3 is 6.09 Å². The van der Waals surface area contributed by atoms with Gasteiger partial charge in [-0.05, 0) is 113 Å². The van der Waals surface area contributed by atoms with Crippen molar-refractivity contribution < 1.29 is 23.5 Å². The van der Waals surface area contributed by atoms with E-state index >= 15 is 0 Å². The highest BCUT2D eigenvalue weighted by Gasteiger charge is 2.33. The number of carbonyl (C=O) groups excluding carboxylic acids is 3. The fourth-order valence-electron chi connectivity index (χ4n) is 9.69. The van der Waals surface area contributed by atoms with Crippen LogP contribution in [0.25, 0.3) is 27.8 Å². The summed E-state index contributed by atoms with van der Waals surface area (Å²) in [6.45, 7) is 4.53. The average molecular weight is 830 g/mol. The molecule has 318 valence electrons. The van der Waals surface area contributed by atoms with Gasteiger partial charge in [0.05, 0.1) is 23.3 Å². The summed E-state index contributed by atoms with van der Waals surface area (Å²) >= 11 is 0. The van der Waals surface area contributed by atoms with Crippen LogP contribution >= 0.6 is 0 Å². The van der Waals surface area contributed by atoms with E-state index in [-0.39, 0.29) is 41.3 Å². The molecule has 61 heavy (non-hydrogen) atoms. The van der Waals surface area contributed by atoms with Gasteiger partial charge in [-0.3, -0.25) is 28.9 Å². The maximum Gasteiger partial charge on any atom is 0.410 e. The van der Waals surface area contributed by atoms with Crippen LogP contribution in [0.15, 0.2) is 77.9 Å². The molecule has 2 aromatic carbocycles. The van der Waals surface area contributed by atoms with Crippen molar-refractivity contribution in [2.75, 3.05) is 38.0 Å². The van der Waals surface area contributed by atoms with Crippen molar-refractivity contribution in [1.82, 2.24) is 39.4 Å². The van der Waals surface area contributed by atoms with E-state index < -0.39 is 11.7 Å². The number of ether oxygens (including phenoxy) is 1. The number of hydrogen-bond donors (Lipinski definition) is 2. The SMILES string of the molecule is Cn1nc([C@@H]2CCC(=O)NC2=O)c2ccc(C3CCN(CC4CCN(C(=O)O[C@H]5CC[C@H](Nc6ncc(F)c(-c7cccc(-n8ccccc8=O)c7)n6)CC5)CC4)CC3)cc21. The Labute approximate surface area is 353 Å². The lowest BCUT2D eigenvalue weighted by molar-refractivity contribution is -0.134. The Morgan fingerprint density at radius 1 is 0.902 bits per heavy atom. The number of anilines is 1. The molecular formula is C46H52FN9O5. The van der Waals surface area contributed by atoms with E-state index in [4.69, 9.17) is 9.84 Å². The number of rotatable bonds is 9. The molecule has 0 spiro atoms. The second-order valence-electron chi connectivity index (χ2n) is 17.1. The number of piperidine rings is 3. The predicted octanol–water partition coefficient (Wildman–Crippen LogP) is 6.29. The summed E-state index contributed by atoms with van der Waals surface area (Å²) < 4.78 is 24.3. The summed E-state index contributed by atoms with van der Waals surface area (Å²) in [5, 5.41) is 11.5. The summed E-state index contributed by atoms with van der Waals surface area (Å²) in [5.74, 6) is -0.0940. The second-order valence-corrected chi connectivity index (χ2v) is 17.1. The Morgan fingerprint density at radius 2 is 1.70 bits per heavy atom. The first-order valence-corrected chi connectivity index (χ1v) is 21.7. The van der Waals surface area contributed by atoms with E-state index in [1.165, 1.54) is 22.4 Å². The lowest BCUT2D eigenvalue weighted by Gasteiger charge is -2.38. The van der Waals surface area contributed by atoms with Gasteiger partial charge in [-0.15, -0.1) is 0 Å². The molecule has 4 fully saturated rings. The van der Waals surface area contributed by atoms with Crippen LogP contribution in [0.4, 0.5) is 15.1 Å². The Hall–Kier alpha value is -5.96. The van der Waals surface area contributed by atoms with Crippen molar-refractivity contribution in [3.05, 3.63) is 100 Å². The zero-order valence-corrected chi connectivity index (χ0v) is 34.5. The molecule has 14 nitrogen and oxygen atoms in total. The highest BCUT2D eigenvalue weighted by Crippen LogP contribution is 2.35. The molecule has 2 N–H and O–H groups in total. The van der Waals surface area contributed by atoms with Crippen LogP contribution in [0, 0.1) is 11.7 Å². The first kappa shape index (κ1) is 40.4. The third-order valence-electron chi connectivity index (χ3n) is 13.2. The highest BCUT2D eigenvalue weighted by molar-refractivity contribution is 6.02. The maximum atomic E-state index is 15.0. The van der Waals surface area contributed by atoms with Gasteiger partial charge in [0.15, 0.2) is 5.82 Å². The van der Waals surface area contributed by atoms with Gasteiger partial charge in [0.2, 0.25) is 17.8 Å². The van der Waals surface area contributed by atoms with E-state index in [2.05, 4.69) is 43.7 Å². The van der Waals surface area contributed by atoms with Crippen LogP contribution in [-0.4, -0.2) is 96.9 Å². The first-order valence-electron chi connectivity index (χ1n) is 21.7. The molecule has 0 bridgehead atoms. The monoisotopic (exact) mass is 829 g/mol. The third-order valence-corrected chi connectivity index (χ3v) is 13.2. The van der Waals surface area contributed by atoms with Gasteiger partial charge in [-0.2, -0.15) is 5.10 Å². The van der Waals surface area contributed by atoms with Crippen LogP contribution < -0.4 is 16.2 Å². The minimum Gasteiger partial charge on any atom is -0.446 e. The summed E-state index contributed by atoms with van der Waals surface area (Å²) in [6, 6.07) is 18.6. The molecule has 5 aromatic rings. The molecule has 1 aliphatic carbocycles. The van der Waals surface area contributed by atoms with Crippen LogP contribution in [0.1, 0.15) is 87.3 Å². The molecule has 1 saturated carbocycles. The zero-order chi connectivity index (χ0) is 42.0. The van der Waals surface area contributed by atoms with Gasteiger partial charge in [-0.25, -0.2) is 19.2 Å². The van der Waals surface area contributed by atoms with Gasteiger partial charge < -0.3 is 19.9 Å². The standard InChI is InChI=1S/C46H52FN9O5/c1-53-39-26-31(8-13-36(39)43(52-53)37-14-15-40(57)50-44(37)59)30-18-21-54(22-19-30)28-29-16-23-55(24-17-29)46(60)61-35-11-9-33(10-12-35)49-45-48-27-38(47)42(51-45)32-5-4-6-34(25-32)56-20-3-2-7-41(56)58/h2-8,13,20,25-27,29-30,33,35,37H,9-12,14-19,21-24,28H2,1H3,(H,48,49,51)(H,50,57,59)/t33-,35-,37-/m0/s1. The lowest BCUT2D eigenvalue weighted by Crippen LogP contribution is -2.44. The van der Waals surface area contributed by atoms with Crippen molar-refractivity contribution in [2.45, 2.75) is 88.2 Å². The molecule has 15 heteroatoms. The Bertz CT molecular complexity index is 2480. The predicted molar refractivity (Wildman–Crippen MR) is 228 cm³/mol. The van der Waals surface area contributed by atoms with Crippen LogP contribution in [0.5, 0.6) is 0 Å². The molecule has 3 aliphatic heterocycles. The van der Waals surface area contributed by atoms with E-state index in [1.807, 2.05) is 16.6 Å². The molecule has 4 aliphatic rings. The number of fused-ring (bicyclic) bond motifs is 1. The number of imide groups is 1. The molecule has 3 amide bonds. The number of halogens is 1. The number of aromatic nitrogens is 5. The third kappa shape index (κ3) is 8.93. The Morgan fingerprint density at radius 3 is 2.48 bits per heavy atom. The molecule has 3 saturated heterocycles. The van der Waals surface area contributed by atoms with E-state index in [0.717, 1.165) is 87.6 Å². The summed E-state index contributed by atoms with van der Waals surface area (Å²) in [5.41, 5.74) is 4.20. The number of hydrogen-bond acceptors (Lipinski definition) is 10. The van der Waals surface area contributed by atoms with Gasteiger partial charge in [0, 0.05) is 68.0 Å². The number of pyridine rings is 1. The maximum absolute atomic E-state index is 15.0. The number of nitrogens with zero attached hydrogens (tertiary/aromatic N) is 7. The van der Waals surface area contributed by atoms with Crippen LogP contribution in [-0.2, 0) is 21.4 Å². The topological polar surface area (TPSA) is 157 Å². The minimum absolute atomic E-state index is 0.0630. The summed E-state index contributed by atoms with van der Waals surface area (Å²) in [6.07, 6.45) is 10.4. The van der Waals surface area contributed by atoms with Crippen LogP contribution in [0.3, 0.4) is 0 Å². The number of carbonyl (C=O) groups is 3. The summed E-state index contributed by atoms with van der Waals surface area (Å²) in [7, 11) is 1.92. The van der Waals surface area contributed by atoms with Gasteiger partial charge in [0.25, 0.3) is 5.56 Å². The number of nitrogens with one attached hydrogen (secondary N) is 2. The quantitative estimate of drug-likeness (QED) is 0.162. The van der Waals surface area contributed by atoms with E-state index in [1.54, 1.807) is 42.6 Å². The first-order chi connectivity index (χ1) is 29.6. The second kappa shape index (κ2) is 17.6. The van der Waals surface area contributed by atoms with Crippen LogP contribution in [0.2, 0.25) is 0 Å². The molecular weight excluding hydrogens is 778 g/mol. The Kier molecular flexibility index (Phi) is 11.6. The van der Waals surface area contributed by atoms with Crippen molar-refractivity contribution >= 4 is 34.8 Å². The molecule has 1 atom stereocenters. The minimum atomic E-state index is -0.551. The smallest absolute Gasteiger partial charge is 0.410 e. The van der Waals surface area contributed by atoms with E-state index in [0.29, 0.717) is 55.0 Å². The Balaban J connectivity index is 0.703.